The third-order valence-corrected chi connectivity index (χ3v) is 3.49. The smallest absolute Gasteiger partial charge is 0.253 e. The van der Waals surface area contributed by atoms with E-state index in [1.54, 1.807) is 0 Å². The number of benzene rings is 2. The zero-order valence-corrected chi connectivity index (χ0v) is 11.2. The Morgan fingerprint density at radius 1 is 1.10 bits per heavy atom. The SMILES string of the molecule is CC1=NO[C@@](C#N)(c2ccccc2-c2ccccc2)C1. The summed E-state index contributed by atoms with van der Waals surface area (Å²) in [5, 5.41) is 13.6. The lowest BCUT2D eigenvalue weighted by Crippen LogP contribution is -2.24. The molecule has 1 heterocycles. The molecule has 1 aliphatic heterocycles. The van der Waals surface area contributed by atoms with Gasteiger partial charge in [-0.15, -0.1) is 0 Å². The molecule has 20 heavy (non-hydrogen) atoms. The van der Waals surface area contributed by atoms with Crippen LogP contribution in [0.2, 0.25) is 0 Å². The first-order chi connectivity index (χ1) is 9.75. The van der Waals surface area contributed by atoms with E-state index in [-0.39, 0.29) is 0 Å². The molecule has 1 aliphatic rings. The van der Waals surface area contributed by atoms with Gasteiger partial charge in [0.15, 0.2) is 0 Å². The van der Waals surface area contributed by atoms with Crippen LogP contribution in [0.25, 0.3) is 11.1 Å². The number of nitriles is 1. The first-order valence-electron chi connectivity index (χ1n) is 6.53. The monoisotopic (exact) mass is 262 g/mol. The van der Waals surface area contributed by atoms with Gasteiger partial charge in [0, 0.05) is 12.0 Å². The van der Waals surface area contributed by atoms with Crippen LogP contribution in [-0.2, 0) is 10.4 Å². The Bertz CT molecular complexity index is 700. The van der Waals surface area contributed by atoms with Gasteiger partial charge in [-0.1, -0.05) is 59.8 Å². The first kappa shape index (κ1) is 12.4. The zero-order valence-electron chi connectivity index (χ0n) is 11.2. The normalized spacial score (nSPS) is 20.9. The molecule has 2 aromatic rings. The van der Waals surface area contributed by atoms with Crippen LogP contribution in [0.1, 0.15) is 18.9 Å². The Balaban J connectivity index is 2.14. The summed E-state index contributed by atoms with van der Waals surface area (Å²) in [5.41, 5.74) is 2.80. The second kappa shape index (κ2) is 4.82. The molecule has 3 rings (SSSR count). The van der Waals surface area contributed by atoms with Crippen molar-refractivity contribution in [1.29, 1.82) is 5.26 Å². The van der Waals surface area contributed by atoms with Gasteiger partial charge in [0.25, 0.3) is 5.60 Å². The Morgan fingerprint density at radius 3 is 2.45 bits per heavy atom. The van der Waals surface area contributed by atoms with Gasteiger partial charge < -0.3 is 4.84 Å². The highest BCUT2D eigenvalue weighted by Crippen LogP contribution is 2.39. The van der Waals surface area contributed by atoms with Crippen molar-refractivity contribution in [3.8, 4) is 17.2 Å². The topological polar surface area (TPSA) is 45.4 Å². The molecular weight excluding hydrogens is 248 g/mol. The van der Waals surface area contributed by atoms with Gasteiger partial charge in [0.05, 0.1) is 5.71 Å². The Hall–Kier alpha value is -2.60. The lowest BCUT2D eigenvalue weighted by Gasteiger charge is -2.22. The molecule has 0 aliphatic carbocycles. The van der Waals surface area contributed by atoms with Crippen molar-refractivity contribution in [2.45, 2.75) is 18.9 Å². The van der Waals surface area contributed by atoms with E-state index in [2.05, 4.69) is 11.2 Å². The molecule has 0 fully saturated rings. The number of oxime groups is 1. The number of hydrogen-bond donors (Lipinski definition) is 0. The molecule has 0 amide bonds. The predicted molar refractivity (Wildman–Crippen MR) is 78.0 cm³/mol. The van der Waals surface area contributed by atoms with Crippen molar-refractivity contribution < 1.29 is 4.84 Å². The van der Waals surface area contributed by atoms with Crippen LogP contribution >= 0.6 is 0 Å². The molecule has 3 heteroatoms. The lowest BCUT2D eigenvalue weighted by molar-refractivity contribution is 0.0247. The average Bonchev–Trinajstić information content (AvgIpc) is 2.91. The number of hydrogen-bond acceptors (Lipinski definition) is 3. The van der Waals surface area contributed by atoms with Gasteiger partial charge in [0.1, 0.15) is 6.07 Å². The third kappa shape index (κ3) is 1.96. The molecule has 0 saturated heterocycles. The summed E-state index contributed by atoms with van der Waals surface area (Å²) in [4.78, 5) is 5.48. The lowest BCUT2D eigenvalue weighted by atomic mass is 9.85. The van der Waals surface area contributed by atoms with Crippen LogP contribution in [0.3, 0.4) is 0 Å². The van der Waals surface area contributed by atoms with Gasteiger partial charge in [-0.05, 0) is 18.1 Å². The van der Waals surface area contributed by atoms with E-state index in [4.69, 9.17) is 4.84 Å². The standard InChI is InChI=1S/C17H14N2O/c1-13-11-17(12-18,20-19-13)16-10-6-5-9-15(16)14-7-3-2-4-8-14/h2-10H,11H2,1H3/t17-/m0/s1. The van der Waals surface area contributed by atoms with Gasteiger partial charge in [0.2, 0.25) is 0 Å². The van der Waals surface area contributed by atoms with E-state index in [0.717, 1.165) is 22.4 Å². The predicted octanol–water partition coefficient (Wildman–Crippen LogP) is 3.87. The number of rotatable bonds is 2. The summed E-state index contributed by atoms with van der Waals surface area (Å²) in [6.07, 6.45) is 0.507. The largest absolute Gasteiger partial charge is 0.369 e. The summed E-state index contributed by atoms with van der Waals surface area (Å²) in [5.74, 6) is 0. The van der Waals surface area contributed by atoms with Gasteiger partial charge in [-0.2, -0.15) is 5.26 Å². The minimum atomic E-state index is -1.00. The van der Waals surface area contributed by atoms with E-state index >= 15 is 0 Å². The van der Waals surface area contributed by atoms with Crippen LogP contribution < -0.4 is 0 Å². The second-order valence-electron chi connectivity index (χ2n) is 4.95. The van der Waals surface area contributed by atoms with E-state index in [0.29, 0.717) is 6.42 Å². The molecule has 2 aromatic carbocycles. The van der Waals surface area contributed by atoms with Crippen LogP contribution in [-0.4, -0.2) is 5.71 Å². The highest BCUT2D eigenvalue weighted by molar-refractivity contribution is 5.85. The summed E-state index contributed by atoms with van der Waals surface area (Å²) in [7, 11) is 0. The Morgan fingerprint density at radius 2 is 1.80 bits per heavy atom. The highest BCUT2D eigenvalue weighted by Gasteiger charge is 2.41. The highest BCUT2D eigenvalue weighted by atomic mass is 16.7. The van der Waals surface area contributed by atoms with E-state index in [1.165, 1.54) is 0 Å². The molecular formula is C17H14N2O. The molecule has 0 spiro atoms. The van der Waals surface area contributed by atoms with Crippen molar-refractivity contribution in [3.63, 3.8) is 0 Å². The first-order valence-corrected chi connectivity index (χ1v) is 6.53. The maximum absolute atomic E-state index is 9.61. The minimum absolute atomic E-state index is 0.507. The third-order valence-electron chi connectivity index (χ3n) is 3.49. The molecule has 0 N–H and O–H groups in total. The fourth-order valence-electron chi connectivity index (χ4n) is 2.55. The van der Waals surface area contributed by atoms with E-state index in [1.807, 2.05) is 61.5 Å². The average molecular weight is 262 g/mol. The van der Waals surface area contributed by atoms with Crippen molar-refractivity contribution in [2.75, 3.05) is 0 Å². The van der Waals surface area contributed by atoms with Crippen molar-refractivity contribution in [3.05, 3.63) is 60.2 Å². The van der Waals surface area contributed by atoms with Crippen molar-refractivity contribution in [1.82, 2.24) is 0 Å². The molecule has 1 atom stereocenters. The van der Waals surface area contributed by atoms with Gasteiger partial charge in [-0.3, -0.25) is 0 Å². The Labute approximate surface area is 118 Å². The molecule has 0 unspecified atom stereocenters. The number of nitrogens with zero attached hydrogens (tertiary/aromatic N) is 2. The Kier molecular flexibility index (Phi) is 3.00. The van der Waals surface area contributed by atoms with Crippen molar-refractivity contribution in [2.24, 2.45) is 5.16 Å². The van der Waals surface area contributed by atoms with Crippen molar-refractivity contribution >= 4 is 5.71 Å². The summed E-state index contributed by atoms with van der Waals surface area (Å²) in [6.45, 7) is 1.88. The summed E-state index contributed by atoms with van der Waals surface area (Å²) >= 11 is 0. The summed E-state index contributed by atoms with van der Waals surface area (Å²) < 4.78 is 0. The second-order valence-corrected chi connectivity index (χ2v) is 4.95. The molecule has 3 nitrogen and oxygen atoms in total. The minimum Gasteiger partial charge on any atom is -0.369 e. The fourth-order valence-corrected chi connectivity index (χ4v) is 2.55. The van der Waals surface area contributed by atoms with Crippen LogP contribution in [0.15, 0.2) is 59.8 Å². The summed E-state index contributed by atoms with van der Waals surface area (Å²) in [6, 6.07) is 20.2. The van der Waals surface area contributed by atoms with Crippen LogP contribution in [0.4, 0.5) is 0 Å². The quantitative estimate of drug-likeness (QED) is 0.824. The van der Waals surface area contributed by atoms with Gasteiger partial charge in [-0.25, -0.2) is 0 Å². The van der Waals surface area contributed by atoms with Crippen LogP contribution in [0, 0.1) is 11.3 Å². The fraction of sp³-hybridized carbons (Fsp3) is 0.176. The molecule has 0 bridgehead atoms. The van der Waals surface area contributed by atoms with E-state index < -0.39 is 5.60 Å². The molecule has 0 radical (unpaired) electrons. The van der Waals surface area contributed by atoms with E-state index in [9.17, 15) is 5.26 Å². The molecule has 0 saturated carbocycles. The zero-order chi connectivity index (χ0) is 14.0. The maximum Gasteiger partial charge on any atom is 0.253 e. The molecule has 98 valence electrons. The van der Waals surface area contributed by atoms with Crippen LogP contribution in [0.5, 0.6) is 0 Å². The molecule has 0 aromatic heterocycles. The maximum atomic E-state index is 9.61. The van der Waals surface area contributed by atoms with Gasteiger partial charge >= 0.3 is 0 Å².